The van der Waals surface area contributed by atoms with Crippen LogP contribution in [0, 0.1) is 0 Å². The lowest BCUT2D eigenvalue weighted by Crippen LogP contribution is -2.46. The normalized spacial score (nSPS) is 18.5. The molecule has 1 aliphatic rings. The van der Waals surface area contributed by atoms with Crippen molar-refractivity contribution in [1.82, 2.24) is 0 Å². The molecule has 1 heterocycles. The fraction of sp³-hybridized carbons (Fsp3) is 0.481. The molecule has 14 heteroatoms. The van der Waals surface area contributed by atoms with Gasteiger partial charge in [0.05, 0.1) is 41.5 Å². The smallest absolute Gasteiger partial charge is 0.416 e. The monoisotopic (exact) mass is 599 g/mol. The summed E-state index contributed by atoms with van der Waals surface area (Å²) in [4.78, 5) is 27.2. The lowest BCUT2D eigenvalue weighted by Gasteiger charge is -2.42. The molecule has 0 aromatic heterocycles. The molecule has 0 N–H and O–H groups in total. The van der Waals surface area contributed by atoms with Crippen LogP contribution >= 0.6 is 0 Å². The zero-order valence-electron chi connectivity index (χ0n) is 22.0. The number of halogens is 9. The minimum absolute atomic E-state index is 0.0823. The number of rotatable bonds is 6. The first-order chi connectivity index (χ1) is 18.9. The van der Waals surface area contributed by atoms with Gasteiger partial charge in [0.2, 0.25) is 0 Å². The first-order valence-electron chi connectivity index (χ1n) is 12.6. The van der Waals surface area contributed by atoms with Crippen LogP contribution in [0.4, 0.5) is 50.0 Å². The number of carbonyl (C=O) groups is 2. The van der Waals surface area contributed by atoms with Gasteiger partial charge in [0.25, 0.3) is 0 Å². The number of hydrogen-bond donors (Lipinski definition) is 0. The maximum absolute atomic E-state index is 13.7. The van der Waals surface area contributed by atoms with Gasteiger partial charge in [-0.15, -0.1) is 0 Å². The van der Waals surface area contributed by atoms with Crippen LogP contribution in [0.2, 0.25) is 0 Å². The molecule has 226 valence electrons. The second-order valence-corrected chi connectivity index (χ2v) is 9.31. The Morgan fingerprint density at radius 1 is 0.805 bits per heavy atom. The molecule has 2 aromatic carbocycles. The van der Waals surface area contributed by atoms with E-state index in [1.807, 2.05) is 0 Å². The van der Waals surface area contributed by atoms with Gasteiger partial charge in [-0.05, 0) is 74.2 Å². The number of fused-ring (bicyclic) bond motifs is 1. The summed E-state index contributed by atoms with van der Waals surface area (Å²) >= 11 is 0. The molecule has 0 aliphatic carbocycles. The SMILES string of the molecule is CCOC(=O)[C@H](c1cc(C(F)(F)F)cc(C(F)(F)F)c1)[C@H]1C[C@@H](CC)N(C(=O)OCC)c2ccc(C(F)(F)F)cc21. The van der Waals surface area contributed by atoms with Crippen molar-refractivity contribution in [3.8, 4) is 0 Å². The molecular formula is C27H26F9NO4. The Hall–Kier alpha value is -3.45. The maximum atomic E-state index is 13.7. The van der Waals surface area contributed by atoms with E-state index in [2.05, 4.69) is 0 Å². The van der Waals surface area contributed by atoms with Crippen molar-refractivity contribution in [2.45, 2.75) is 70.0 Å². The van der Waals surface area contributed by atoms with E-state index in [0.717, 1.165) is 11.0 Å². The molecule has 0 radical (unpaired) electrons. The van der Waals surface area contributed by atoms with Crippen molar-refractivity contribution in [2.75, 3.05) is 18.1 Å². The molecular weight excluding hydrogens is 573 g/mol. The van der Waals surface area contributed by atoms with Crippen molar-refractivity contribution in [2.24, 2.45) is 0 Å². The summed E-state index contributed by atoms with van der Waals surface area (Å²) in [5.74, 6) is -4.50. The third-order valence-electron chi connectivity index (χ3n) is 6.75. The van der Waals surface area contributed by atoms with E-state index >= 15 is 0 Å². The Bertz CT molecular complexity index is 1240. The highest BCUT2D eigenvalue weighted by atomic mass is 19.4. The summed E-state index contributed by atoms with van der Waals surface area (Å²) in [7, 11) is 0. The van der Waals surface area contributed by atoms with Crippen molar-refractivity contribution in [1.29, 1.82) is 0 Å². The highest BCUT2D eigenvalue weighted by molar-refractivity contribution is 5.91. The van der Waals surface area contributed by atoms with E-state index in [4.69, 9.17) is 9.47 Å². The lowest BCUT2D eigenvalue weighted by atomic mass is 9.73. The van der Waals surface area contributed by atoms with Gasteiger partial charge in [0.15, 0.2) is 0 Å². The fourth-order valence-corrected chi connectivity index (χ4v) is 5.00. The number of anilines is 1. The number of nitrogens with zero attached hydrogens (tertiary/aromatic N) is 1. The predicted octanol–water partition coefficient (Wildman–Crippen LogP) is 8.32. The van der Waals surface area contributed by atoms with Crippen LogP contribution in [0.1, 0.15) is 73.3 Å². The molecule has 0 saturated carbocycles. The van der Waals surface area contributed by atoms with E-state index in [1.165, 1.54) is 13.8 Å². The summed E-state index contributed by atoms with van der Waals surface area (Å²) in [5, 5.41) is 0. The van der Waals surface area contributed by atoms with Gasteiger partial charge >= 0.3 is 30.6 Å². The highest BCUT2D eigenvalue weighted by Gasteiger charge is 2.46. The molecule has 3 atom stereocenters. The van der Waals surface area contributed by atoms with Crippen LogP contribution in [0.25, 0.3) is 0 Å². The van der Waals surface area contributed by atoms with Crippen molar-refractivity contribution >= 4 is 17.7 Å². The zero-order chi connectivity index (χ0) is 30.9. The van der Waals surface area contributed by atoms with Gasteiger partial charge < -0.3 is 9.47 Å². The third kappa shape index (κ3) is 6.89. The van der Waals surface area contributed by atoms with Gasteiger partial charge in [-0.1, -0.05) is 6.92 Å². The summed E-state index contributed by atoms with van der Waals surface area (Å²) in [6.45, 7) is 4.09. The molecule has 0 saturated heterocycles. The van der Waals surface area contributed by atoms with Crippen LogP contribution in [-0.2, 0) is 32.8 Å². The summed E-state index contributed by atoms with van der Waals surface area (Å²) in [6, 6.07) is 2.09. The molecule has 2 aromatic rings. The Kier molecular flexibility index (Phi) is 9.23. The average molecular weight is 599 g/mol. The van der Waals surface area contributed by atoms with Crippen molar-refractivity contribution in [3.05, 3.63) is 64.2 Å². The summed E-state index contributed by atoms with van der Waals surface area (Å²) in [6.07, 6.45) is -16.4. The minimum atomic E-state index is -5.24. The van der Waals surface area contributed by atoms with Gasteiger partial charge in [-0.2, -0.15) is 39.5 Å². The molecule has 0 unspecified atom stereocenters. The number of esters is 1. The third-order valence-corrected chi connectivity index (χ3v) is 6.75. The quantitative estimate of drug-likeness (QED) is 0.248. The van der Waals surface area contributed by atoms with Crippen molar-refractivity contribution in [3.63, 3.8) is 0 Å². The number of hydrogen-bond acceptors (Lipinski definition) is 4. The fourth-order valence-electron chi connectivity index (χ4n) is 5.00. The predicted molar refractivity (Wildman–Crippen MR) is 128 cm³/mol. The van der Waals surface area contributed by atoms with Gasteiger partial charge in [0, 0.05) is 12.0 Å². The van der Waals surface area contributed by atoms with E-state index in [9.17, 15) is 49.1 Å². The van der Waals surface area contributed by atoms with Gasteiger partial charge in [0.1, 0.15) is 0 Å². The topological polar surface area (TPSA) is 55.8 Å². The molecule has 41 heavy (non-hydrogen) atoms. The van der Waals surface area contributed by atoms with Crippen molar-refractivity contribution < 1.29 is 58.6 Å². The Balaban J connectivity index is 2.37. The number of carbonyl (C=O) groups excluding carboxylic acids is 2. The number of amides is 1. The van der Waals surface area contributed by atoms with Crippen LogP contribution < -0.4 is 4.90 Å². The van der Waals surface area contributed by atoms with E-state index in [1.54, 1.807) is 6.92 Å². The van der Waals surface area contributed by atoms with E-state index in [0.29, 0.717) is 24.3 Å². The maximum Gasteiger partial charge on any atom is 0.416 e. The molecule has 0 bridgehead atoms. The number of alkyl halides is 9. The van der Waals surface area contributed by atoms with E-state index < -0.39 is 70.7 Å². The van der Waals surface area contributed by atoms with Gasteiger partial charge in [-0.3, -0.25) is 9.69 Å². The average Bonchev–Trinajstić information content (AvgIpc) is 2.86. The van der Waals surface area contributed by atoms with E-state index in [-0.39, 0.29) is 43.4 Å². The Morgan fingerprint density at radius 2 is 1.34 bits per heavy atom. The first-order valence-corrected chi connectivity index (χ1v) is 12.6. The lowest BCUT2D eigenvalue weighted by molar-refractivity contribution is -0.147. The van der Waals surface area contributed by atoms with Crippen LogP contribution in [0.3, 0.4) is 0 Å². The first kappa shape index (κ1) is 32.1. The van der Waals surface area contributed by atoms with Crippen LogP contribution in [-0.4, -0.2) is 31.3 Å². The number of benzene rings is 2. The highest BCUT2D eigenvalue weighted by Crippen LogP contribution is 2.50. The number of ether oxygens (including phenoxy) is 2. The Morgan fingerprint density at radius 3 is 1.80 bits per heavy atom. The molecule has 3 rings (SSSR count). The molecule has 5 nitrogen and oxygen atoms in total. The molecule has 0 spiro atoms. The van der Waals surface area contributed by atoms with Crippen LogP contribution in [0.15, 0.2) is 36.4 Å². The molecule has 1 amide bonds. The standard InChI is InChI=1S/C27H26F9NO4/c1-4-18-13-20(19-12-15(25(28,29)30)7-8-21(19)37(18)24(39)41-6-3)22(23(38)40-5-2)14-9-16(26(31,32)33)11-17(10-14)27(34,35)36/h7-12,18,20,22H,4-6,13H2,1-3H3/t18-,20+,22-/m1/s1. The van der Waals surface area contributed by atoms with Gasteiger partial charge in [-0.25, -0.2) is 4.79 Å². The zero-order valence-corrected chi connectivity index (χ0v) is 22.0. The second kappa shape index (κ2) is 11.8. The molecule has 0 fully saturated rings. The summed E-state index contributed by atoms with van der Waals surface area (Å²) in [5.41, 5.74) is -5.71. The molecule has 1 aliphatic heterocycles. The van der Waals surface area contributed by atoms with Crippen LogP contribution in [0.5, 0.6) is 0 Å². The minimum Gasteiger partial charge on any atom is -0.466 e. The largest absolute Gasteiger partial charge is 0.466 e. The second-order valence-electron chi connectivity index (χ2n) is 9.31. The Labute approximate surface area is 229 Å². The summed E-state index contributed by atoms with van der Waals surface area (Å²) < 4.78 is 133.